The molecular weight excluding hydrogens is 289 g/mol. The highest BCUT2D eigenvalue weighted by Crippen LogP contribution is 2.33. The molecule has 0 bridgehead atoms. The average molecular weight is 299 g/mol. The van der Waals surface area contributed by atoms with Crippen LogP contribution >= 0.6 is 23.4 Å². The van der Waals surface area contributed by atoms with E-state index in [-0.39, 0.29) is 23.8 Å². The predicted octanol–water partition coefficient (Wildman–Crippen LogP) is 3.66. The van der Waals surface area contributed by atoms with Crippen LogP contribution in [0.15, 0.2) is 23.1 Å². The fourth-order valence-electron chi connectivity index (χ4n) is 1.31. The van der Waals surface area contributed by atoms with Crippen LogP contribution in [-0.2, 0) is 11.2 Å². The van der Waals surface area contributed by atoms with Gasteiger partial charge in [0.15, 0.2) is 5.78 Å². The van der Waals surface area contributed by atoms with Crippen molar-refractivity contribution in [3.05, 3.63) is 23.8 Å². The predicted molar refractivity (Wildman–Crippen MR) is 64.3 cm³/mol. The van der Waals surface area contributed by atoms with Gasteiger partial charge in [-0.3, -0.25) is 4.79 Å². The van der Waals surface area contributed by atoms with Crippen molar-refractivity contribution in [3.63, 3.8) is 0 Å². The Balaban J connectivity index is 2.93. The van der Waals surface area contributed by atoms with E-state index >= 15 is 0 Å². The van der Waals surface area contributed by atoms with Crippen molar-refractivity contribution < 1.29 is 22.7 Å². The zero-order valence-corrected chi connectivity index (χ0v) is 11.0. The molecule has 0 unspecified atom stereocenters. The number of hydrogen-bond donors (Lipinski definition) is 0. The Hall–Kier alpha value is -0.880. The minimum Gasteiger partial charge on any atom is -0.405 e. The molecule has 0 atom stereocenters. The number of ether oxygens (including phenoxy) is 1. The van der Waals surface area contributed by atoms with E-state index in [0.29, 0.717) is 10.5 Å². The molecule has 0 amide bonds. The lowest BCUT2D eigenvalue weighted by Gasteiger charge is -2.13. The summed E-state index contributed by atoms with van der Waals surface area (Å²) in [5, 5.41) is 0. The molecular formula is C11H10ClF3O2S. The second-order valence-electron chi connectivity index (χ2n) is 3.38. The van der Waals surface area contributed by atoms with Gasteiger partial charge < -0.3 is 4.74 Å². The van der Waals surface area contributed by atoms with Crippen molar-refractivity contribution in [1.82, 2.24) is 0 Å². The van der Waals surface area contributed by atoms with Gasteiger partial charge in [-0.25, -0.2) is 0 Å². The zero-order valence-electron chi connectivity index (χ0n) is 9.38. The van der Waals surface area contributed by atoms with Crippen LogP contribution in [0.25, 0.3) is 0 Å². The van der Waals surface area contributed by atoms with E-state index in [1.54, 1.807) is 6.26 Å². The maximum atomic E-state index is 12.1. The minimum absolute atomic E-state index is 0.101. The number of hydrogen-bond acceptors (Lipinski definition) is 3. The Morgan fingerprint density at radius 1 is 1.44 bits per heavy atom. The van der Waals surface area contributed by atoms with E-state index in [9.17, 15) is 18.0 Å². The standard InChI is InChI=1S/C11H10ClF3O2S/c1-18-10-5-7(4-8(16)6-12)2-3-9(10)17-11(13,14)15/h2-3,5H,4,6H2,1H3. The molecule has 0 aliphatic rings. The number of ketones is 1. The molecule has 0 saturated carbocycles. The van der Waals surface area contributed by atoms with Gasteiger partial charge in [0, 0.05) is 11.3 Å². The van der Waals surface area contributed by atoms with Gasteiger partial charge in [-0.1, -0.05) is 6.07 Å². The first-order valence-electron chi connectivity index (χ1n) is 4.86. The summed E-state index contributed by atoms with van der Waals surface area (Å²) in [6, 6.07) is 4.12. The third-order valence-electron chi connectivity index (χ3n) is 2.00. The third-order valence-corrected chi connectivity index (χ3v) is 3.06. The second-order valence-corrected chi connectivity index (χ2v) is 4.50. The molecule has 18 heavy (non-hydrogen) atoms. The number of carbonyl (C=O) groups is 1. The van der Waals surface area contributed by atoms with Crippen LogP contribution in [0.4, 0.5) is 13.2 Å². The molecule has 0 N–H and O–H groups in total. The van der Waals surface area contributed by atoms with E-state index in [1.165, 1.54) is 18.2 Å². The molecule has 0 fully saturated rings. The zero-order chi connectivity index (χ0) is 13.8. The number of alkyl halides is 4. The van der Waals surface area contributed by atoms with Gasteiger partial charge in [-0.2, -0.15) is 0 Å². The van der Waals surface area contributed by atoms with Crippen molar-refractivity contribution in [1.29, 1.82) is 0 Å². The third kappa shape index (κ3) is 4.78. The molecule has 1 rings (SSSR count). The van der Waals surface area contributed by atoms with Gasteiger partial charge in [0.1, 0.15) is 5.75 Å². The average Bonchev–Trinajstić information content (AvgIpc) is 2.29. The van der Waals surface area contributed by atoms with Gasteiger partial charge in [-0.15, -0.1) is 36.5 Å². The molecule has 0 heterocycles. The Morgan fingerprint density at radius 2 is 2.11 bits per heavy atom. The maximum Gasteiger partial charge on any atom is 0.573 e. The van der Waals surface area contributed by atoms with Crippen LogP contribution in [0.2, 0.25) is 0 Å². The Bertz CT molecular complexity index is 435. The number of carbonyl (C=O) groups excluding carboxylic acids is 1. The highest BCUT2D eigenvalue weighted by Gasteiger charge is 2.32. The molecule has 0 aromatic heterocycles. The second kappa shape index (κ2) is 6.33. The van der Waals surface area contributed by atoms with E-state index in [2.05, 4.69) is 4.74 Å². The van der Waals surface area contributed by atoms with E-state index in [0.717, 1.165) is 11.8 Å². The molecule has 1 aromatic carbocycles. The molecule has 2 nitrogen and oxygen atoms in total. The Kier molecular flexibility index (Phi) is 5.34. The molecule has 0 radical (unpaired) electrons. The first kappa shape index (κ1) is 15.2. The highest BCUT2D eigenvalue weighted by atomic mass is 35.5. The van der Waals surface area contributed by atoms with Gasteiger partial charge in [0.25, 0.3) is 0 Å². The number of halogens is 4. The van der Waals surface area contributed by atoms with Gasteiger partial charge in [-0.05, 0) is 24.0 Å². The summed E-state index contributed by atoms with van der Waals surface area (Å²) in [4.78, 5) is 11.5. The topological polar surface area (TPSA) is 26.3 Å². The van der Waals surface area contributed by atoms with Crippen LogP contribution in [0.5, 0.6) is 5.75 Å². The summed E-state index contributed by atoms with van der Waals surface area (Å²) in [6.07, 6.45) is -2.99. The summed E-state index contributed by atoms with van der Waals surface area (Å²) >= 11 is 6.48. The summed E-state index contributed by atoms with van der Waals surface area (Å²) < 4.78 is 40.2. The van der Waals surface area contributed by atoms with Crippen molar-refractivity contribution in [2.24, 2.45) is 0 Å². The fraction of sp³-hybridized carbons (Fsp3) is 0.364. The molecule has 0 aliphatic heterocycles. The van der Waals surface area contributed by atoms with E-state index < -0.39 is 6.36 Å². The maximum absolute atomic E-state index is 12.1. The monoisotopic (exact) mass is 298 g/mol. The first-order valence-corrected chi connectivity index (χ1v) is 6.62. The van der Waals surface area contributed by atoms with Gasteiger partial charge >= 0.3 is 6.36 Å². The number of thioether (sulfide) groups is 1. The van der Waals surface area contributed by atoms with Crippen molar-refractivity contribution in [2.75, 3.05) is 12.1 Å². The van der Waals surface area contributed by atoms with Crippen LogP contribution < -0.4 is 4.74 Å². The largest absolute Gasteiger partial charge is 0.573 e. The number of rotatable bonds is 5. The summed E-state index contributed by atoms with van der Waals surface area (Å²) in [6.45, 7) is 0. The van der Waals surface area contributed by atoms with Crippen LogP contribution in [0.3, 0.4) is 0 Å². The summed E-state index contributed by atoms with van der Waals surface area (Å²) in [7, 11) is 0. The van der Waals surface area contributed by atoms with Crippen molar-refractivity contribution in [2.45, 2.75) is 17.7 Å². The number of benzene rings is 1. The van der Waals surface area contributed by atoms with Crippen molar-refractivity contribution >= 4 is 29.1 Å². The molecule has 1 aromatic rings. The molecule has 0 saturated heterocycles. The highest BCUT2D eigenvalue weighted by molar-refractivity contribution is 7.98. The Morgan fingerprint density at radius 3 is 2.61 bits per heavy atom. The van der Waals surface area contributed by atoms with E-state index in [4.69, 9.17) is 11.6 Å². The van der Waals surface area contributed by atoms with Gasteiger partial charge in [0.2, 0.25) is 0 Å². The van der Waals surface area contributed by atoms with Crippen LogP contribution in [0, 0.1) is 0 Å². The van der Waals surface area contributed by atoms with E-state index in [1.807, 2.05) is 0 Å². The number of Topliss-reactive ketones (excluding diaryl/α,β-unsaturated/α-hetero) is 1. The summed E-state index contributed by atoms with van der Waals surface area (Å²) in [5.74, 6) is -0.569. The molecule has 0 spiro atoms. The summed E-state index contributed by atoms with van der Waals surface area (Å²) in [5.41, 5.74) is 0.611. The molecule has 0 aliphatic carbocycles. The molecule has 7 heteroatoms. The minimum atomic E-state index is -4.72. The van der Waals surface area contributed by atoms with Crippen molar-refractivity contribution in [3.8, 4) is 5.75 Å². The quantitative estimate of drug-likeness (QED) is 0.613. The fourth-order valence-corrected chi connectivity index (χ4v) is 1.98. The first-order chi connectivity index (χ1) is 8.35. The smallest absolute Gasteiger partial charge is 0.405 e. The van der Waals surface area contributed by atoms with Crippen LogP contribution in [0.1, 0.15) is 5.56 Å². The lowest BCUT2D eigenvalue weighted by molar-refractivity contribution is -0.275. The lowest BCUT2D eigenvalue weighted by Crippen LogP contribution is -2.17. The molecule has 100 valence electrons. The Labute approximate surface area is 111 Å². The SMILES string of the molecule is CSc1cc(CC(=O)CCl)ccc1OC(F)(F)F. The van der Waals surface area contributed by atoms with Gasteiger partial charge in [0.05, 0.1) is 5.88 Å². The normalized spacial score (nSPS) is 11.4. The van der Waals surface area contributed by atoms with Crippen LogP contribution in [-0.4, -0.2) is 24.3 Å². The lowest BCUT2D eigenvalue weighted by atomic mass is 10.1.